The minimum absolute atomic E-state index is 0.269. The highest BCUT2D eigenvalue weighted by atomic mass is 19.1. The van der Waals surface area contributed by atoms with Crippen LogP contribution in [-0.2, 0) is 13.1 Å². The average molecular weight is 235 g/mol. The molecular weight excluding hydrogens is 221 g/mol. The van der Waals surface area contributed by atoms with E-state index < -0.39 is 0 Å². The third-order valence-electron chi connectivity index (χ3n) is 2.45. The predicted octanol–water partition coefficient (Wildman–Crippen LogP) is 1.85. The highest BCUT2D eigenvalue weighted by Crippen LogP contribution is 2.19. The van der Waals surface area contributed by atoms with E-state index in [1.54, 1.807) is 24.4 Å². The van der Waals surface area contributed by atoms with Crippen molar-refractivity contribution in [2.75, 3.05) is 7.11 Å². The third kappa shape index (κ3) is 2.82. The molecule has 0 amide bonds. The molecular formula is C12H14FN3O. The Morgan fingerprint density at radius 1 is 1.35 bits per heavy atom. The fourth-order valence-corrected chi connectivity index (χ4v) is 1.57. The SMILES string of the molecule is COc1cccc(CNCc2ccn[nH]2)c1F. The number of aromatic amines is 1. The first-order valence-electron chi connectivity index (χ1n) is 5.31. The summed E-state index contributed by atoms with van der Waals surface area (Å²) in [6.07, 6.45) is 1.68. The number of rotatable bonds is 5. The van der Waals surface area contributed by atoms with Crippen molar-refractivity contribution in [3.63, 3.8) is 0 Å². The summed E-state index contributed by atoms with van der Waals surface area (Å²) in [5, 5.41) is 9.79. The van der Waals surface area contributed by atoms with E-state index in [0.29, 0.717) is 18.7 Å². The lowest BCUT2D eigenvalue weighted by Crippen LogP contribution is -2.14. The van der Waals surface area contributed by atoms with E-state index in [-0.39, 0.29) is 11.6 Å². The average Bonchev–Trinajstić information content (AvgIpc) is 2.84. The summed E-state index contributed by atoms with van der Waals surface area (Å²) in [6, 6.07) is 6.98. The van der Waals surface area contributed by atoms with Gasteiger partial charge in [0.25, 0.3) is 0 Å². The van der Waals surface area contributed by atoms with E-state index in [1.807, 2.05) is 6.07 Å². The molecule has 2 rings (SSSR count). The van der Waals surface area contributed by atoms with Crippen molar-refractivity contribution in [3.05, 3.63) is 47.5 Å². The molecule has 0 bridgehead atoms. The van der Waals surface area contributed by atoms with E-state index in [1.165, 1.54) is 7.11 Å². The largest absolute Gasteiger partial charge is 0.494 e. The van der Waals surface area contributed by atoms with Gasteiger partial charge in [-0.15, -0.1) is 0 Å². The fourth-order valence-electron chi connectivity index (χ4n) is 1.57. The van der Waals surface area contributed by atoms with Gasteiger partial charge in [0.2, 0.25) is 0 Å². The molecule has 0 saturated heterocycles. The number of hydrogen-bond donors (Lipinski definition) is 2. The van der Waals surface area contributed by atoms with Gasteiger partial charge in [-0.2, -0.15) is 5.10 Å². The van der Waals surface area contributed by atoms with Crippen LogP contribution in [0, 0.1) is 5.82 Å². The third-order valence-corrected chi connectivity index (χ3v) is 2.45. The molecule has 90 valence electrons. The number of nitrogens with one attached hydrogen (secondary N) is 2. The Morgan fingerprint density at radius 2 is 2.24 bits per heavy atom. The first kappa shape index (κ1) is 11.6. The van der Waals surface area contributed by atoms with Crippen molar-refractivity contribution in [1.29, 1.82) is 0 Å². The quantitative estimate of drug-likeness (QED) is 0.831. The summed E-state index contributed by atoms with van der Waals surface area (Å²) in [5.74, 6) is -0.0436. The van der Waals surface area contributed by atoms with Gasteiger partial charge < -0.3 is 10.1 Å². The van der Waals surface area contributed by atoms with E-state index in [4.69, 9.17) is 4.74 Å². The number of benzene rings is 1. The van der Waals surface area contributed by atoms with E-state index in [0.717, 1.165) is 5.69 Å². The number of H-pyrrole nitrogens is 1. The number of nitrogens with zero attached hydrogens (tertiary/aromatic N) is 1. The predicted molar refractivity (Wildman–Crippen MR) is 62.1 cm³/mol. The van der Waals surface area contributed by atoms with E-state index in [9.17, 15) is 4.39 Å². The van der Waals surface area contributed by atoms with Gasteiger partial charge in [0.1, 0.15) is 0 Å². The number of aromatic nitrogens is 2. The standard InChI is InChI=1S/C12H14FN3O/c1-17-11-4-2-3-9(12(11)13)7-14-8-10-5-6-15-16-10/h2-6,14H,7-8H2,1H3,(H,15,16). The molecule has 4 nitrogen and oxygen atoms in total. The Kier molecular flexibility index (Phi) is 3.72. The summed E-state index contributed by atoms with van der Waals surface area (Å²) in [4.78, 5) is 0. The summed E-state index contributed by atoms with van der Waals surface area (Å²) in [7, 11) is 1.46. The molecule has 17 heavy (non-hydrogen) atoms. The number of halogens is 1. The summed E-state index contributed by atoms with van der Waals surface area (Å²) >= 11 is 0. The Balaban J connectivity index is 1.95. The van der Waals surface area contributed by atoms with Crippen LogP contribution in [0.3, 0.4) is 0 Å². The van der Waals surface area contributed by atoms with Gasteiger partial charge in [-0.25, -0.2) is 4.39 Å². The van der Waals surface area contributed by atoms with Gasteiger partial charge >= 0.3 is 0 Å². The van der Waals surface area contributed by atoms with Crippen LogP contribution in [0.4, 0.5) is 4.39 Å². The molecule has 0 fully saturated rings. The molecule has 1 aromatic heterocycles. The Hall–Kier alpha value is -1.88. The lowest BCUT2D eigenvalue weighted by Gasteiger charge is -2.08. The van der Waals surface area contributed by atoms with Gasteiger partial charge in [0, 0.05) is 30.5 Å². The molecule has 0 unspecified atom stereocenters. The highest BCUT2D eigenvalue weighted by Gasteiger charge is 2.07. The van der Waals surface area contributed by atoms with Crippen LogP contribution in [0.5, 0.6) is 5.75 Å². The maximum absolute atomic E-state index is 13.8. The van der Waals surface area contributed by atoms with Crippen LogP contribution >= 0.6 is 0 Å². The topological polar surface area (TPSA) is 49.9 Å². The van der Waals surface area contributed by atoms with Gasteiger partial charge in [0.05, 0.1) is 7.11 Å². The van der Waals surface area contributed by atoms with Gasteiger partial charge in [-0.05, 0) is 12.1 Å². The first-order chi connectivity index (χ1) is 8.31. The second-order valence-electron chi connectivity index (χ2n) is 3.62. The Labute approximate surface area is 98.8 Å². The van der Waals surface area contributed by atoms with Gasteiger partial charge in [-0.3, -0.25) is 5.10 Å². The van der Waals surface area contributed by atoms with Gasteiger partial charge in [0.15, 0.2) is 11.6 Å². The molecule has 0 aliphatic heterocycles. The molecule has 0 saturated carbocycles. The van der Waals surface area contributed by atoms with Crippen molar-refractivity contribution >= 4 is 0 Å². The molecule has 0 radical (unpaired) electrons. The normalized spacial score (nSPS) is 10.5. The van der Waals surface area contributed by atoms with Crippen molar-refractivity contribution in [2.24, 2.45) is 0 Å². The zero-order valence-corrected chi connectivity index (χ0v) is 9.53. The van der Waals surface area contributed by atoms with Gasteiger partial charge in [-0.1, -0.05) is 12.1 Å². The molecule has 0 spiro atoms. The zero-order chi connectivity index (χ0) is 12.1. The van der Waals surface area contributed by atoms with E-state index >= 15 is 0 Å². The van der Waals surface area contributed by atoms with Crippen molar-refractivity contribution in [2.45, 2.75) is 13.1 Å². The zero-order valence-electron chi connectivity index (χ0n) is 9.53. The lowest BCUT2D eigenvalue weighted by atomic mass is 10.2. The molecule has 2 aromatic rings. The molecule has 0 atom stereocenters. The van der Waals surface area contributed by atoms with Crippen LogP contribution in [0.1, 0.15) is 11.3 Å². The molecule has 1 heterocycles. The number of ether oxygens (including phenoxy) is 1. The first-order valence-corrected chi connectivity index (χ1v) is 5.31. The van der Waals surface area contributed by atoms with Crippen molar-refractivity contribution in [3.8, 4) is 5.75 Å². The summed E-state index contributed by atoms with van der Waals surface area (Å²) in [5.41, 5.74) is 1.55. The smallest absolute Gasteiger partial charge is 0.169 e. The van der Waals surface area contributed by atoms with Crippen molar-refractivity contribution < 1.29 is 9.13 Å². The van der Waals surface area contributed by atoms with Crippen LogP contribution < -0.4 is 10.1 Å². The van der Waals surface area contributed by atoms with Crippen LogP contribution in [0.15, 0.2) is 30.5 Å². The minimum Gasteiger partial charge on any atom is -0.494 e. The van der Waals surface area contributed by atoms with Crippen LogP contribution in [0.25, 0.3) is 0 Å². The summed E-state index contributed by atoms with van der Waals surface area (Å²) < 4.78 is 18.7. The Morgan fingerprint density at radius 3 is 2.94 bits per heavy atom. The second kappa shape index (κ2) is 5.45. The summed E-state index contributed by atoms with van der Waals surface area (Å²) in [6.45, 7) is 1.07. The van der Waals surface area contributed by atoms with Crippen molar-refractivity contribution in [1.82, 2.24) is 15.5 Å². The lowest BCUT2D eigenvalue weighted by molar-refractivity contribution is 0.383. The van der Waals surface area contributed by atoms with E-state index in [2.05, 4.69) is 15.5 Å². The fraction of sp³-hybridized carbons (Fsp3) is 0.250. The molecule has 5 heteroatoms. The Bertz CT molecular complexity index is 471. The molecule has 0 aliphatic rings. The highest BCUT2D eigenvalue weighted by molar-refractivity contribution is 5.30. The second-order valence-corrected chi connectivity index (χ2v) is 3.62. The molecule has 1 aromatic carbocycles. The maximum Gasteiger partial charge on any atom is 0.169 e. The van der Waals surface area contributed by atoms with Crippen LogP contribution in [0.2, 0.25) is 0 Å². The van der Waals surface area contributed by atoms with Crippen LogP contribution in [-0.4, -0.2) is 17.3 Å². The maximum atomic E-state index is 13.8. The number of hydrogen-bond acceptors (Lipinski definition) is 3. The molecule has 0 aliphatic carbocycles. The minimum atomic E-state index is -0.313. The monoisotopic (exact) mass is 235 g/mol. The number of methoxy groups -OCH3 is 1. The molecule has 2 N–H and O–H groups in total.